The number of aliphatic imine (C=N–C) groups is 1. The van der Waals surface area contributed by atoms with Crippen LogP contribution in [0.25, 0.3) is 0 Å². The minimum Gasteiger partial charge on any atom is -0.379 e. The Balaban J connectivity index is 0.00000364. The van der Waals surface area contributed by atoms with Gasteiger partial charge in [-0.15, -0.1) is 24.0 Å². The first-order valence-corrected chi connectivity index (χ1v) is 9.93. The second kappa shape index (κ2) is 14.2. The van der Waals surface area contributed by atoms with Crippen molar-refractivity contribution < 1.29 is 14.0 Å². The van der Waals surface area contributed by atoms with Crippen LogP contribution >= 0.6 is 24.0 Å². The molecule has 8 heteroatoms. The van der Waals surface area contributed by atoms with Crippen LogP contribution in [-0.4, -0.2) is 50.1 Å². The lowest BCUT2D eigenvalue weighted by Crippen LogP contribution is -2.38. The Morgan fingerprint density at radius 1 is 1.33 bits per heavy atom. The van der Waals surface area contributed by atoms with Crippen LogP contribution < -0.4 is 10.6 Å². The van der Waals surface area contributed by atoms with Crippen LogP contribution in [0.5, 0.6) is 0 Å². The first kappa shape index (κ1) is 24.2. The van der Waals surface area contributed by atoms with Gasteiger partial charge >= 0.3 is 0 Å². The molecule has 1 aromatic rings. The topological polar surface area (TPSA) is 80.9 Å². The van der Waals surface area contributed by atoms with Gasteiger partial charge in [0.25, 0.3) is 0 Å². The summed E-state index contributed by atoms with van der Waals surface area (Å²) in [7, 11) is 0. The smallest absolute Gasteiger partial charge is 0.191 e. The highest BCUT2D eigenvalue weighted by Crippen LogP contribution is 2.22. The fourth-order valence-electron chi connectivity index (χ4n) is 2.97. The molecular formula is C19H35IN4O3. The van der Waals surface area contributed by atoms with E-state index in [0.29, 0.717) is 12.5 Å². The molecule has 0 aliphatic carbocycles. The highest BCUT2D eigenvalue weighted by molar-refractivity contribution is 14.0. The van der Waals surface area contributed by atoms with Gasteiger partial charge in [-0.05, 0) is 32.6 Å². The fourth-order valence-corrected chi connectivity index (χ4v) is 2.97. The molecule has 2 N–H and O–H groups in total. The van der Waals surface area contributed by atoms with Gasteiger partial charge in [-0.25, -0.2) is 4.99 Å². The number of aromatic nitrogens is 1. The van der Waals surface area contributed by atoms with Crippen molar-refractivity contribution in [2.24, 2.45) is 4.99 Å². The van der Waals surface area contributed by atoms with Gasteiger partial charge in [0.05, 0.1) is 18.4 Å². The zero-order chi connectivity index (χ0) is 18.6. The molecule has 1 saturated heterocycles. The maximum atomic E-state index is 5.77. The summed E-state index contributed by atoms with van der Waals surface area (Å²) in [6.45, 7) is 10.8. The summed E-state index contributed by atoms with van der Waals surface area (Å²) in [4.78, 5) is 4.58. The monoisotopic (exact) mass is 494 g/mol. The number of nitrogens with one attached hydrogen (secondary N) is 2. The van der Waals surface area contributed by atoms with Crippen LogP contribution in [0.15, 0.2) is 15.6 Å². The van der Waals surface area contributed by atoms with Crippen molar-refractivity contribution in [1.29, 1.82) is 0 Å². The summed E-state index contributed by atoms with van der Waals surface area (Å²) >= 11 is 0. The molecule has 0 amide bonds. The summed E-state index contributed by atoms with van der Waals surface area (Å²) in [5, 5.41) is 10.8. The Labute approximate surface area is 180 Å². The van der Waals surface area contributed by atoms with Crippen LogP contribution in [0.3, 0.4) is 0 Å². The molecule has 156 valence electrons. The second-order valence-corrected chi connectivity index (χ2v) is 6.56. The summed E-state index contributed by atoms with van der Waals surface area (Å²) in [5.41, 5.74) is 1.03. The predicted octanol–water partition coefficient (Wildman–Crippen LogP) is 3.45. The summed E-state index contributed by atoms with van der Waals surface area (Å²) in [6, 6.07) is 2.03. The number of nitrogens with zero attached hydrogens (tertiary/aromatic N) is 2. The molecule has 7 nitrogen and oxygen atoms in total. The number of ether oxygens (including phenoxy) is 2. The van der Waals surface area contributed by atoms with Gasteiger partial charge in [0.1, 0.15) is 6.54 Å². The van der Waals surface area contributed by atoms with Gasteiger partial charge in [-0.2, -0.15) is 0 Å². The molecule has 0 bridgehead atoms. The largest absolute Gasteiger partial charge is 0.379 e. The molecule has 1 aliphatic heterocycles. The first-order chi connectivity index (χ1) is 12.8. The van der Waals surface area contributed by atoms with Crippen molar-refractivity contribution in [1.82, 2.24) is 15.8 Å². The van der Waals surface area contributed by atoms with Crippen LogP contribution in [0.4, 0.5) is 0 Å². The number of halogens is 1. The Morgan fingerprint density at radius 3 is 2.81 bits per heavy atom. The van der Waals surface area contributed by atoms with Gasteiger partial charge in [0.15, 0.2) is 11.7 Å². The second-order valence-electron chi connectivity index (χ2n) is 6.56. The molecule has 1 atom stereocenters. The summed E-state index contributed by atoms with van der Waals surface area (Å²) in [5.74, 6) is 2.05. The molecule has 0 saturated carbocycles. The van der Waals surface area contributed by atoms with E-state index in [2.05, 4.69) is 41.6 Å². The van der Waals surface area contributed by atoms with Crippen molar-refractivity contribution in [2.75, 3.05) is 32.9 Å². The number of rotatable bonds is 11. The number of hydrogen-bond donors (Lipinski definition) is 2. The van der Waals surface area contributed by atoms with Crippen LogP contribution in [-0.2, 0) is 16.0 Å². The molecule has 0 radical (unpaired) electrons. The maximum absolute atomic E-state index is 5.77. The predicted molar refractivity (Wildman–Crippen MR) is 118 cm³/mol. The van der Waals surface area contributed by atoms with Gasteiger partial charge in [-0.1, -0.05) is 19.0 Å². The standard InChI is InChI=1S/C19H34N4O3.HI/c1-4-15(5-2)18-12-17(26-23-18)13-22-19(20-6-3)21-9-7-10-25-16-8-11-24-14-16;/h12,15-16H,4-11,13-14H2,1-3H3,(H2,20,21,22);1H. The van der Waals surface area contributed by atoms with E-state index in [-0.39, 0.29) is 30.1 Å². The van der Waals surface area contributed by atoms with Crippen molar-refractivity contribution >= 4 is 29.9 Å². The third-order valence-electron chi connectivity index (χ3n) is 4.57. The molecule has 2 rings (SSSR count). The zero-order valence-corrected chi connectivity index (χ0v) is 19.2. The van der Waals surface area contributed by atoms with Crippen LogP contribution in [0.2, 0.25) is 0 Å². The van der Waals surface area contributed by atoms with E-state index in [1.165, 1.54) is 0 Å². The van der Waals surface area contributed by atoms with E-state index in [1.807, 2.05) is 6.07 Å². The highest BCUT2D eigenvalue weighted by Gasteiger charge is 2.15. The maximum Gasteiger partial charge on any atom is 0.191 e. The fraction of sp³-hybridized carbons (Fsp3) is 0.789. The first-order valence-electron chi connectivity index (χ1n) is 9.93. The van der Waals surface area contributed by atoms with Gasteiger partial charge in [0.2, 0.25) is 0 Å². The van der Waals surface area contributed by atoms with Crippen LogP contribution in [0, 0.1) is 0 Å². The Hall–Kier alpha value is -0.870. The minimum absolute atomic E-state index is 0. The van der Waals surface area contributed by atoms with E-state index in [9.17, 15) is 0 Å². The summed E-state index contributed by atoms with van der Waals surface area (Å²) < 4.78 is 16.5. The molecule has 2 heterocycles. The SMILES string of the molecule is CCNC(=NCc1cc(C(CC)CC)no1)NCCCOC1CCOC1.I. The molecule has 0 aromatic carbocycles. The minimum atomic E-state index is 0. The number of guanidine groups is 1. The van der Waals surface area contributed by atoms with E-state index in [4.69, 9.17) is 14.0 Å². The molecule has 1 aromatic heterocycles. The van der Waals surface area contributed by atoms with Gasteiger partial charge in [-0.3, -0.25) is 0 Å². The van der Waals surface area contributed by atoms with E-state index >= 15 is 0 Å². The average Bonchev–Trinajstić information content (AvgIpc) is 3.32. The van der Waals surface area contributed by atoms with E-state index in [1.54, 1.807) is 0 Å². The van der Waals surface area contributed by atoms with Gasteiger partial charge < -0.3 is 24.6 Å². The third kappa shape index (κ3) is 8.78. The van der Waals surface area contributed by atoms with Crippen molar-refractivity contribution in [3.05, 3.63) is 17.5 Å². The molecule has 1 aliphatic rings. The number of hydrogen-bond acceptors (Lipinski definition) is 5. The quantitative estimate of drug-likeness (QED) is 0.212. The lowest BCUT2D eigenvalue weighted by atomic mass is 9.99. The van der Waals surface area contributed by atoms with Gasteiger partial charge in [0, 0.05) is 38.3 Å². The zero-order valence-electron chi connectivity index (χ0n) is 16.8. The van der Waals surface area contributed by atoms with Crippen LogP contribution in [0.1, 0.15) is 63.8 Å². The Bertz CT molecular complexity index is 529. The molecule has 1 fully saturated rings. The molecular weight excluding hydrogens is 459 g/mol. The lowest BCUT2D eigenvalue weighted by molar-refractivity contribution is 0.0420. The highest BCUT2D eigenvalue weighted by atomic mass is 127. The van der Waals surface area contributed by atoms with Crippen molar-refractivity contribution in [2.45, 2.75) is 65.0 Å². The molecule has 1 unspecified atom stereocenters. The lowest BCUT2D eigenvalue weighted by Gasteiger charge is -2.12. The molecule has 27 heavy (non-hydrogen) atoms. The average molecular weight is 494 g/mol. The Kier molecular flexibility index (Phi) is 12.7. The van der Waals surface area contributed by atoms with Crippen molar-refractivity contribution in [3.8, 4) is 0 Å². The summed E-state index contributed by atoms with van der Waals surface area (Å²) in [6.07, 6.45) is 4.36. The normalized spacial score (nSPS) is 17.2. The van der Waals surface area contributed by atoms with E-state index < -0.39 is 0 Å². The van der Waals surface area contributed by atoms with E-state index in [0.717, 1.165) is 76.0 Å². The van der Waals surface area contributed by atoms with Crippen molar-refractivity contribution in [3.63, 3.8) is 0 Å². The Morgan fingerprint density at radius 2 is 2.15 bits per heavy atom. The third-order valence-corrected chi connectivity index (χ3v) is 4.57. The molecule has 0 spiro atoms.